The zero-order chi connectivity index (χ0) is 7.61. The van der Waals surface area contributed by atoms with Crippen LogP contribution in [-0.4, -0.2) is 11.6 Å². The highest BCUT2D eigenvalue weighted by Gasteiger charge is 2.06. The van der Waals surface area contributed by atoms with Gasteiger partial charge in [0.25, 0.3) is 0 Å². The Bertz CT molecular complexity index is 256. The average molecular weight is 283 g/mol. The van der Waals surface area contributed by atoms with Gasteiger partial charge < -0.3 is 0 Å². The van der Waals surface area contributed by atoms with Gasteiger partial charge in [-0.15, -0.1) is 0 Å². The molecule has 1 atom stereocenters. The number of nitrogens with zero attached hydrogens (tertiary/aromatic N) is 1. The molecule has 0 saturated heterocycles. The molecule has 0 amide bonds. The van der Waals surface area contributed by atoms with Crippen molar-refractivity contribution in [3.05, 3.63) is 24.5 Å². The molecule has 1 heterocycles. The molecule has 0 spiro atoms. The Kier molecular flexibility index (Phi) is 2.83. The van der Waals surface area contributed by atoms with E-state index in [2.05, 4.69) is 33.7 Å². The molecule has 4 heteroatoms. The van der Waals surface area contributed by atoms with Crippen LogP contribution in [0.15, 0.2) is 24.5 Å². The Balaban J connectivity index is 3.09. The second-order valence-corrected chi connectivity index (χ2v) is 14.1. The molecular weight excluding hydrogens is 276 g/mol. The highest BCUT2D eigenvalue weighted by Crippen LogP contribution is 2.49. The standard InChI is InChI=1S/C6H7INPS/c1-9(7,10)6-3-2-4-8-5-6/h2-5H,1H3. The summed E-state index contributed by atoms with van der Waals surface area (Å²) in [5.41, 5.74) is 0. The maximum absolute atomic E-state index is 5.31. The summed E-state index contributed by atoms with van der Waals surface area (Å²) in [6.45, 7) is 2.10. The van der Waals surface area contributed by atoms with Crippen LogP contribution in [-0.2, 0) is 11.8 Å². The molecule has 0 saturated carbocycles. The molecule has 0 aliphatic carbocycles. The zero-order valence-corrected chi connectivity index (χ0v) is 9.36. The second-order valence-electron chi connectivity index (χ2n) is 2.03. The van der Waals surface area contributed by atoms with Crippen LogP contribution in [0.3, 0.4) is 0 Å². The lowest BCUT2D eigenvalue weighted by Gasteiger charge is -2.05. The monoisotopic (exact) mass is 283 g/mol. The van der Waals surface area contributed by atoms with Crippen molar-refractivity contribution in [2.75, 3.05) is 6.66 Å². The molecule has 1 nitrogen and oxygen atoms in total. The molecule has 0 fully saturated rings. The van der Waals surface area contributed by atoms with Crippen LogP contribution < -0.4 is 5.30 Å². The van der Waals surface area contributed by atoms with Crippen molar-refractivity contribution in [2.24, 2.45) is 0 Å². The first-order valence-electron chi connectivity index (χ1n) is 2.78. The van der Waals surface area contributed by atoms with E-state index in [9.17, 15) is 0 Å². The van der Waals surface area contributed by atoms with Crippen molar-refractivity contribution in [1.82, 2.24) is 4.98 Å². The van der Waals surface area contributed by atoms with Gasteiger partial charge in [0.05, 0.1) is 0 Å². The van der Waals surface area contributed by atoms with Crippen LogP contribution in [0, 0.1) is 0 Å². The van der Waals surface area contributed by atoms with Crippen LogP contribution in [0.4, 0.5) is 0 Å². The van der Waals surface area contributed by atoms with Crippen LogP contribution >= 0.6 is 25.7 Å². The average Bonchev–Trinajstić information content (AvgIpc) is 1.88. The van der Waals surface area contributed by atoms with Gasteiger partial charge in [0.2, 0.25) is 0 Å². The molecule has 0 bridgehead atoms. The van der Waals surface area contributed by atoms with Gasteiger partial charge in [-0.2, -0.15) is 0 Å². The fourth-order valence-corrected chi connectivity index (χ4v) is 2.40. The number of pyridine rings is 1. The van der Waals surface area contributed by atoms with E-state index in [-0.39, 0.29) is 0 Å². The maximum Gasteiger partial charge on any atom is 0.0385 e. The molecule has 0 radical (unpaired) electrons. The number of rotatable bonds is 1. The molecule has 1 rings (SSSR count). The van der Waals surface area contributed by atoms with Gasteiger partial charge in [-0.3, -0.25) is 4.98 Å². The van der Waals surface area contributed by atoms with E-state index in [4.69, 9.17) is 11.8 Å². The third kappa shape index (κ3) is 2.29. The van der Waals surface area contributed by atoms with Gasteiger partial charge in [0, 0.05) is 21.4 Å². The Morgan fingerprint density at radius 1 is 1.70 bits per heavy atom. The minimum absolute atomic E-state index is 1.20. The lowest BCUT2D eigenvalue weighted by Crippen LogP contribution is -1.98. The van der Waals surface area contributed by atoms with E-state index in [0.717, 1.165) is 0 Å². The number of hydrogen-bond acceptors (Lipinski definition) is 2. The summed E-state index contributed by atoms with van der Waals surface area (Å²) in [6.07, 6.45) is 3.62. The summed E-state index contributed by atoms with van der Waals surface area (Å²) < 4.78 is -1.28. The minimum Gasteiger partial charge on any atom is -0.264 e. The molecule has 0 aliphatic heterocycles. The van der Waals surface area contributed by atoms with Crippen molar-refractivity contribution in [1.29, 1.82) is 0 Å². The molecule has 10 heavy (non-hydrogen) atoms. The molecule has 0 N–H and O–H groups in total. The Morgan fingerprint density at radius 2 is 2.40 bits per heavy atom. The van der Waals surface area contributed by atoms with Crippen molar-refractivity contribution in [2.45, 2.75) is 0 Å². The second kappa shape index (κ2) is 3.28. The molecule has 1 aromatic heterocycles. The van der Waals surface area contributed by atoms with E-state index in [1.54, 1.807) is 6.20 Å². The quantitative estimate of drug-likeness (QED) is 0.578. The van der Waals surface area contributed by atoms with Crippen LogP contribution in [0.2, 0.25) is 0 Å². The van der Waals surface area contributed by atoms with Crippen molar-refractivity contribution in [3.8, 4) is 0 Å². The summed E-state index contributed by atoms with van der Waals surface area (Å²) in [7, 11) is 0. The van der Waals surface area contributed by atoms with Gasteiger partial charge in [-0.25, -0.2) is 0 Å². The number of hydrogen-bond donors (Lipinski definition) is 0. The van der Waals surface area contributed by atoms with E-state index in [1.165, 1.54) is 5.30 Å². The number of aromatic nitrogens is 1. The largest absolute Gasteiger partial charge is 0.264 e. The summed E-state index contributed by atoms with van der Waals surface area (Å²) in [4.78, 5) is 4.01. The Morgan fingerprint density at radius 3 is 2.70 bits per heavy atom. The molecule has 0 aromatic carbocycles. The third-order valence-electron chi connectivity index (χ3n) is 1.11. The lowest BCUT2D eigenvalue weighted by molar-refractivity contribution is 1.35. The molecule has 1 aromatic rings. The predicted octanol–water partition coefficient (Wildman–Crippen LogP) is 2.17. The predicted molar refractivity (Wildman–Crippen MR) is 58.1 cm³/mol. The Hall–Kier alpha value is 0.530. The highest BCUT2D eigenvalue weighted by molar-refractivity contribution is 14.2. The molecule has 1 unspecified atom stereocenters. The van der Waals surface area contributed by atoms with Crippen molar-refractivity contribution < 1.29 is 0 Å². The lowest BCUT2D eigenvalue weighted by atomic mass is 10.5. The third-order valence-corrected chi connectivity index (χ3v) is 4.60. The first-order valence-corrected chi connectivity index (χ1v) is 8.82. The highest BCUT2D eigenvalue weighted by atomic mass is 127. The zero-order valence-electron chi connectivity index (χ0n) is 5.49. The number of halogens is 1. The molecule has 54 valence electrons. The first kappa shape index (κ1) is 8.62. The van der Waals surface area contributed by atoms with Crippen molar-refractivity contribution >= 4 is 42.8 Å². The maximum atomic E-state index is 5.31. The van der Waals surface area contributed by atoms with Gasteiger partial charge in [-0.1, -0.05) is 11.8 Å². The summed E-state index contributed by atoms with van der Waals surface area (Å²) in [6, 6.07) is 3.97. The summed E-state index contributed by atoms with van der Waals surface area (Å²) in [5, 5.41) is 1.20. The van der Waals surface area contributed by atoms with E-state index < -0.39 is 3.68 Å². The van der Waals surface area contributed by atoms with Crippen LogP contribution in [0.25, 0.3) is 0 Å². The van der Waals surface area contributed by atoms with Gasteiger partial charge >= 0.3 is 0 Å². The first-order chi connectivity index (χ1) is 4.61. The summed E-state index contributed by atoms with van der Waals surface area (Å²) >= 11 is 7.64. The molecule has 0 aliphatic rings. The van der Waals surface area contributed by atoms with Crippen molar-refractivity contribution in [3.63, 3.8) is 0 Å². The SMILES string of the molecule is CP(=S)(I)c1cccnc1. The van der Waals surface area contributed by atoms with Gasteiger partial charge in [0.15, 0.2) is 0 Å². The molecular formula is C6H7INPS. The smallest absolute Gasteiger partial charge is 0.0385 e. The van der Waals surface area contributed by atoms with E-state index in [1.807, 2.05) is 18.3 Å². The van der Waals surface area contributed by atoms with Crippen LogP contribution in [0.5, 0.6) is 0 Å². The minimum atomic E-state index is -1.28. The topological polar surface area (TPSA) is 12.9 Å². The van der Waals surface area contributed by atoms with Gasteiger partial charge in [-0.05, 0) is 40.8 Å². The summed E-state index contributed by atoms with van der Waals surface area (Å²) in [5.74, 6) is 0. The van der Waals surface area contributed by atoms with Crippen LogP contribution in [0.1, 0.15) is 0 Å². The fourth-order valence-electron chi connectivity index (χ4n) is 0.590. The van der Waals surface area contributed by atoms with Gasteiger partial charge in [0.1, 0.15) is 0 Å². The van der Waals surface area contributed by atoms with E-state index in [0.29, 0.717) is 0 Å². The normalized spacial score (nSPS) is 16.2. The Labute approximate surface area is 78.7 Å². The van der Waals surface area contributed by atoms with E-state index >= 15 is 0 Å². The fraction of sp³-hybridized carbons (Fsp3) is 0.167.